The first-order valence-electron chi connectivity index (χ1n) is 5.61. The van der Waals surface area contributed by atoms with Crippen molar-refractivity contribution in [1.29, 1.82) is 0 Å². The summed E-state index contributed by atoms with van der Waals surface area (Å²) in [6, 6.07) is 4.76. The summed E-state index contributed by atoms with van der Waals surface area (Å²) in [4.78, 5) is 6.69. The fraction of sp³-hybridized carbons (Fsp3) is 0.583. The summed E-state index contributed by atoms with van der Waals surface area (Å²) < 4.78 is 0. The van der Waals surface area contributed by atoms with E-state index in [-0.39, 0.29) is 0 Å². The van der Waals surface area contributed by atoms with Gasteiger partial charge < -0.3 is 4.90 Å². The van der Waals surface area contributed by atoms with Crippen LogP contribution < -0.4 is 4.90 Å². The molecule has 2 rings (SSSR count). The molecule has 2 nitrogen and oxygen atoms in total. The molecule has 0 N–H and O–H groups in total. The molecule has 16 heavy (non-hydrogen) atoms. The van der Waals surface area contributed by atoms with Gasteiger partial charge in [0.05, 0.1) is 11.6 Å². The normalized spacial score (nSPS) is 25.8. The SMILES string of the molecule is CC1SCCN(c2ccnc(CCl)c2)C1C. The lowest BCUT2D eigenvalue weighted by Gasteiger charge is -2.39. The van der Waals surface area contributed by atoms with E-state index in [0.29, 0.717) is 17.2 Å². The third kappa shape index (κ3) is 2.46. The third-order valence-corrected chi connectivity index (χ3v) is 4.76. The molecular formula is C12H17ClN2S. The van der Waals surface area contributed by atoms with Crippen LogP contribution in [0.3, 0.4) is 0 Å². The molecule has 2 unspecified atom stereocenters. The molecule has 4 heteroatoms. The lowest BCUT2D eigenvalue weighted by Crippen LogP contribution is -2.44. The maximum absolute atomic E-state index is 5.82. The van der Waals surface area contributed by atoms with Crippen molar-refractivity contribution >= 4 is 29.1 Å². The molecule has 0 amide bonds. The number of hydrogen-bond acceptors (Lipinski definition) is 3. The highest BCUT2D eigenvalue weighted by atomic mass is 35.5. The summed E-state index contributed by atoms with van der Waals surface area (Å²) in [6.07, 6.45) is 1.85. The summed E-state index contributed by atoms with van der Waals surface area (Å²) in [5, 5.41) is 0.682. The molecule has 1 aromatic heterocycles. The lowest BCUT2D eigenvalue weighted by molar-refractivity contribution is 0.627. The topological polar surface area (TPSA) is 16.1 Å². The van der Waals surface area contributed by atoms with E-state index < -0.39 is 0 Å². The highest BCUT2D eigenvalue weighted by Gasteiger charge is 2.25. The average Bonchev–Trinajstić information content (AvgIpc) is 2.33. The van der Waals surface area contributed by atoms with Crippen molar-refractivity contribution < 1.29 is 0 Å². The van der Waals surface area contributed by atoms with Crippen LogP contribution in [0.2, 0.25) is 0 Å². The Hall–Kier alpha value is -0.410. The van der Waals surface area contributed by atoms with Crippen LogP contribution in [0.4, 0.5) is 5.69 Å². The van der Waals surface area contributed by atoms with Crippen LogP contribution in [0.15, 0.2) is 18.3 Å². The van der Waals surface area contributed by atoms with Gasteiger partial charge in [-0.1, -0.05) is 6.92 Å². The molecule has 1 fully saturated rings. The van der Waals surface area contributed by atoms with Gasteiger partial charge in [-0.3, -0.25) is 4.98 Å². The second-order valence-corrected chi connectivity index (χ2v) is 5.90. The van der Waals surface area contributed by atoms with Crippen LogP contribution in [0.5, 0.6) is 0 Å². The molecule has 1 saturated heterocycles. The first-order chi connectivity index (χ1) is 7.72. The van der Waals surface area contributed by atoms with E-state index in [1.807, 2.05) is 6.20 Å². The molecular weight excluding hydrogens is 240 g/mol. The van der Waals surface area contributed by atoms with Crippen molar-refractivity contribution in [3.05, 3.63) is 24.0 Å². The Morgan fingerprint density at radius 3 is 3.12 bits per heavy atom. The van der Waals surface area contributed by atoms with Crippen LogP contribution in [0.1, 0.15) is 19.5 Å². The number of pyridine rings is 1. The number of nitrogens with zero attached hydrogens (tertiary/aromatic N) is 2. The number of rotatable bonds is 2. The zero-order valence-corrected chi connectivity index (χ0v) is 11.3. The standard InChI is InChI=1S/C12H17ClN2S/c1-9-10(2)16-6-5-15(9)12-3-4-14-11(7-12)8-13/h3-4,7,9-10H,5-6,8H2,1-2H3. The quantitative estimate of drug-likeness (QED) is 0.757. The second kappa shape index (κ2) is 5.28. The van der Waals surface area contributed by atoms with Crippen molar-refractivity contribution in [2.45, 2.75) is 31.0 Å². The molecule has 0 bridgehead atoms. The van der Waals surface area contributed by atoms with Gasteiger partial charge in [0.2, 0.25) is 0 Å². The molecule has 0 aliphatic carbocycles. The minimum atomic E-state index is 0.486. The van der Waals surface area contributed by atoms with Gasteiger partial charge in [-0.25, -0.2) is 0 Å². The minimum Gasteiger partial charge on any atom is -0.367 e. The van der Waals surface area contributed by atoms with Gasteiger partial charge in [-0.2, -0.15) is 11.8 Å². The second-order valence-electron chi connectivity index (χ2n) is 4.15. The number of thioether (sulfide) groups is 1. The molecule has 1 aromatic rings. The minimum absolute atomic E-state index is 0.486. The van der Waals surface area contributed by atoms with Gasteiger partial charge in [0.1, 0.15) is 0 Å². The molecule has 0 radical (unpaired) electrons. The maximum atomic E-state index is 5.82. The molecule has 1 aliphatic rings. The van der Waals surface area contributed by atoms with Crippen LogP contribution in [-0.2, 0) is 5.88 Å². The average molecular weight is 257 g/mol. The Balaban J connectivity index is 2.21. The first kappa shape index (κ1) is 12.1. The molecule has 2 heterocycles. The third-order valence-electron chi connectivity index (χ3n) is 3.15. The van der Waals surface area contributed by atoms with Crippen LogP contribution in [0.25, 0.3) is 0 Å². The maximum Gasteiger partial charge on any atom is 0.0648 e. The highest BCUT2D eigenvalue weighted by Crippen LogP contribution is 2.29. The number of alkyl halides is 1. The van der Waals surface area contributed by atoms with Crippen molar-refractivity contribution in [2.75, 3.05) is 17.2 Å². The Morgan fingerprint density at radius 2 is 2.38 bits per heavy atom. The van der Waals surface area contributed by atoms with E-state index >= 15 is 0 Å². The Labute approximate surface area is 106 Å². The van der Waals surface area contributed by atoms with Crippen molar-refractivity contribution in [3.8, 4) is 0 Å². The summed E-state index contributed by atoms with van der Waals surface area (Å²) in [7, 11) is 0. The van der Waals surface area contributed by atoms with Gasteiger partial charge in [0, 0.05) is 35.5 Å². The van der Waals surface area contributed by atoms with E-state index in [9.17, 15) is 0 Å². The lowest BCUT2D eigenvalue weighted by atomic mass is 10.1. The molecule has 0 spiro atoms. The number of anilines is 1. The van der Waals surface area contributed by atoms with Gasteiger partial charge in [0.15, 0.2) is 0 Å². The molecule has 1 aliphatic heterocycles. The number of hydrogen-bond donors (Lipinski definition) is 0. The van der Waals surface area contributed by atoms with Crippen molar-refractivity contribution in [1.82, 2.24) is 4.98 Å². The van der Waals surface area contributed by atoms with Crippen molar-refractivity contribution in [2.24, 2.45) is 0 Å². The predicted octanol–water partition coefficient (Wildman–Crippen LogP) is 3.15. The Kier molecular flexibility index (Phi) is 3.98. The van der Waals surface area contributed by atoms with E-state index in [2.05, 4.69) is 47.6 Å². The fourth-order valence-electron chi connectivity index (χ4n) is 2.01. The van der Waals surface area contributed by atoms with E-state index in [1.54, 1.807) is 0 Å². The highest BCUT2D eigenvalue weighted by molar-refractivity contribution is 8.00. The molecule has 0 aromatic carbocycles. The van der Waals surface area contributed by atoms with Gasteiger partial charge in [-0.15, -0.1) is 11.6 Å². The van der Waals surface area contributed by atoms with Crippen LogP contribution in [-0.4, -0.2) is 28.6 Å². The zero-order valence-electron chi connectivity index (χ0n) is 9.69. The van der Waals surface area contributed by atoms with Gasteiger partial charge >= 0.3 is 0 Å². The summed E-state index contributed by atoms with van der Waals surface area (Å²) in [5.41, 5.74) is 2.21. The van der Waals surface area contributed by atoms with E-state index in [4.69, 9.17) is 11.6 Å². The van der Waals surface area contributed by atoms with Crippen LogP contribution in [0, 0.1) is 0 Å². The Bertz CT molecular complexity index is 359. The predicted molar refractivity (Wildman–Crippen MR) is 72.5 cm³/mol. The van der Waals surface area contributed by atoms with E-state index in [0.717, 1.165) is 12.2 Å². The summed E-state index contributed by atoms with van der Waals surface area (Å²) in [5.74, 6) is 1.68. The van der Waals surface area contributed by atoms with Gasteiger partial charge in [0.25, 0.3) is 0 Å². The molecule has 0 saturated carbocycles. The summed E-state index contributed by atoms with van der Waals surface area (Å²) >= 11 is 7.87. The monoisotopic (exact) mass is 256 g/mol. The number of halogens is 1. The molecule has 2 atom stereocenters. The largest absolute Gasteiger partial charge is 0.367 e. The first-order valence-corrected chi connectivity index (χ1v) is 7.20. The van der Waals surface area contributed by atoms with Gasteiger partial charge in [-0.05, 0) is 19.1 Å². The van der Waals surface area contributed by atoms with E-state index in [1.165, 1.54) is 11.4 Å². The fourth-order valence-corrected chi connectivity index (χ4v) is 3.26. The Morgan fingerprint density at radius 1 is 1.56 bits per heavy atom. The number of aromatic nitrogens is 1. The smallest absolute Gasteiger partial charge is 0.0648 e. The van der Waals surface area contributed by atoms with Crippen molar-refractivity contribution in [3.63, 3.8) is 0 Å². The van der Waals surface area contributed by atoms with Crippen LogP contribution >= 0.6 is 23.4 Å². The zero-order chi connectivity index (χ0) is 11.5. The summed E-state index contributed by atoms with van der Waals surface area (Å²) in [6.45, 7) is 5.70. The molecule has 88 valence electrons.